The molecule has 0 saturated heterocycles. The first-order chi connectivity index (χ1) is 12.5. The van der Waals surface area contributed by atoms with Crippen molar-refractivity contribution in [2.75, 3.05) is 5.43 Å². The van der Waals surface area contributed by atoms with Crippen LogP contribution in [-0.4, -0.2) is 20.9 Å². The van der Waals surface area contributed by atoms with E-state index in [9.17, 15) is 4.79 Å². The number of hydrogen-bond donors (Lipinski definition) is 2. The monoisotopic (exact) mass is 385 g/mol. The molecule has 134 valence electrons. The highest BCUT2D eigenvalue weighted by Crippen LogP contribution is 2.23. The second-order valence-corrected chi connectivity index (χ2v) is 7.84. The van der Waals surface area contributed by atoms with E-state index >= 15 is 0 Å². The van der Waals surface area contributed by atoms with Gasteiger partial charge in [0.25, 0.3) is 5.91 Å². The maximum Gasteiger partial charge on any atom is 0.269 e. The first-order valence-electron chi connectivity index (χ1n) is 8.02. The molecule has 0 fully saturated rings. The van der Waals surface area contributed by atoms with Gasteiger partial charge in [0.05, 0.1) is 10.7 Å². The maximum atomic E-state index is 12.2. The number of nitrogens with one attached hydrogen (secondary N) is 2. The van der Waals surface area contributed by atoms with Gasteiger partial charge >= 0.3 is 0 Å². The van der Waals surface area contributed by atoms with Crippen molar-refractivity contribution in [3.8, 4) is 0 Å². The average Bonchev–Trinajstić information content (AvgIpc) is 3.03. The summed E-state index contributed by atoms with van der Waals surface area (Å²) in [6, 6.07) is 9.34. The Hall–Kier alpha value is -2.45. The summed E-state index contributed by atoms with van der Waals surface area (Å²) in [5, 5.41) is 3.15. The number of aromatic nitrogens is 3. The minimum Gasteiger partial charge on any atom is -0.267 e. The first-order valence-corrected chi connectivity index (χ1v) is 9.88. The van der Waals surface area contributed by atoms with Gasteiger partial charge in [-0.25, -0.2) is 15.0 Å². The maximum absolute atomic E-state index is 12.2. The van der Waals surface area contributed by atoms with E-state index in [1.807, 2.05) is 39.0 Å². The summed E-state index contributed by atoms with van der Waals surface area (Å²) in [4.78, 5) is 26.2. The zero-order valence-corrected chi connectivity index (χ0v) is 16.4. The molecule has 0 bridgehead atoms. The van der Waals surface area contributed by atoms with E-state index in [0.29, 0.717) is 11.5 Å². The van der Waals surface area contributed by atoms with Gasteiger partial charge in [0.1, 0.15) is 0 Å². The van der Waals surface area contributed by atoms with Gasteiger partial charge in [0, 0.05) is 33.0 Å². The second-order valence-electron chi connectivity index (χ2n) is 5.72. The lowest BCUT2D eigenvalue weighted by Crippen LogP contribution is -2.30. The van der Waals surface area contributed by atoms with Crippen molar-refractivity contribution in [1.29, 1.82) is 0 Å². The molecule has 6 nitrogen and oxygen atoms in total. The van der Waals surface area contributed by atoms with Gasteiger partial charge in [-0.3, -0.25) is 15.6 Å². The molecule has 0 aliphatic heterocycles. The summed E-state index contributed by atoms with van der Waals surface area (Å²) in [6.07, 6.45) is 0. The number of rotatable bonds is 6. The van der Waals surface area contributed by atoms with Crippen LogP contribution in [0.5, 0.6) is 0 Å². The van der Waals surface area contributed by atoms with Crippen molar-refractivity contribution in [2.45, 2.75) is 31.4 Å². The molecule has 0 unspecified atom stereocenters. The van der Waals surface area contributed by atoms with E-state index in [1.165, 1.54) is 0 Å². The molecule has 0 aliphatic carbocycles. The summed E-state index contributed by atoms with van der Waals surface area (Å²) < 4.78 is 0. The number of amides is 1. The van der Waals surface area contributed by atoms with Crippen LogP contribution in [0.4, 0.5) is 5.95 Å². The van der Waals surface area contributed by atoms with Crippen molar-refractivity contribution >= 4 is 35.0 Å². The van der Waals surface area contributed by atoms with Crippen molar-refractivity contribution in [3.63, 3.8) is 0 Å². The van der Waals surface area contributed by atoms with Gasteiger partial charge in [-0.1, -0.05) is 0 Å². The topological polar surface area (TPSA) is 79.8 Å². The first kappa shape index (κ1) is 18.3. The molecular formula is C18H19N5OS2. The number of carbonyl (C=O) groups excluding carboxylic acids is 1. The molecular weight excluding hydrogens is 366 g/mol. The van der Waals surface area contributed by atoms with Gasteiger partial charge in [0.15, 0.2) is 0 Å². The van der Waals surface area contributed by atoms with Crippen LogP contribution in [0.2, 0.25) is 0 Å². The van der Waals surface area contributed by atoms with E-state index < -0.39 is 0 Å². The molecule has 0 aliphatic rings. The van der Waals surface area contributed by atoms with Crippen LogP contribution in [0.25, 0.3) is 0 Å². The molecule has 3 rings (SSSR count). The zero-order chi connectivity index (χ0) is 18.5. The quantitative estimate of drug-likeness (QED) is 0.495. The van der Waals surface area contributed by atoms with Crippen LogP contribution in [0, 0.1) is 20.8 Å². The summed E-state index contributed by atoms with van der Waals surface area (Å²) >= 11 is 3.35. The third-order valence-electron chi connectivity index (χ3n) is 3.44. The fourth-order valence-electron chi connectivity index (χ4n) is 2.30. The van der Waals surface area contributed by atoms with Crippen LogP contribution >= 0.6 is 23.1 Å². The fraction of sp³-hybridized carbons (Fsp3) is 0.222. The molecule has 1 amide bonds. The molecule has 0 saturated carbocycles. The Labute approximate surface area is 160 Å². The minimum atomic E-state index is -0.237. The zero-order valence-electron chi connectivity index (χ0n) is 14.7. The van der Waals surface area contributed by atoms with Gasteiger partial charge in [-0.05, 0) is 51.1 Å². The summed E-state index contributed by atoms with van der Waals surface area (Å²) in [6.45, 7) is 5.76. The number of thioether (sulfide) groups is 1. The number of aryl methyl sites for hydroxylation is 3. The molecule has 26 heavy (non-hydrogen) atoms. The smallest absolute Gasteiger partial charge is 0.267 e. The Balaban J connectivity index is 1.54. The van der Waals surface area contributed by atoms with Gasteiger partial charge in [0.2, 0.25) is 5.95 Å². The number of hydrogen-bond acceptors (Lipinski definition) is 7. The minimum absolute atomic E-state index is 0.237. The Morgan fingerprint density at radius 3 is 2.38 bits per heavy atom. The van der Waals surface area contributed by atoms with Crippen molar-refractivity contribution in [3.05, 3.63) is 63.4 Å². The van der Waals surface area contributed by atoms with E-state index in [4.69, 9.17) is 0 Å². The SMILES string of the molecule is Cc1cc(C)nc(NNC(=O)c2ccc(SCc3csc(C)n3)cc2)n1. The summed E-state index contributed by atoms with van der Waals surface area (Å²) in [7, 11) is 0. The van der Waals surface area contributed by atoms with Crippen LogP contribution < -0.4 is 10.9 Å². The lowest BCUT2D eigenvalue weighted by molar-refractivity contribution is 0.0962. The Kier molecular flexibility index (Phi) is 5.85. The van der Waals surface area contributed by atoms with Crippen molar-refractivity contribution in [2.24, 2.45) is 0 Å². The lowest BCUT2D eigenvalue weighted by Gasteiger charge is -2.08. The highest BCUT2D eigenvalue weighted by molar-refractivity contribution is 7.98. The number of carbonyl (C=O) groups is 1. The number of hydrazine groups is 1. The van der Waals surface area contributed by atoms with E-state index in [1.54, 1.807) is 35.2 Å². The molecule has 3 aromatic rings. The summed E-state index contributed by atoms with van der Waals surface area (Å²) in [5.74, 6) is 0.961. The Morgan fingerprint density at radius 1 is 1.08 bits per heavy atom. The van der Waals surface area contributed by atoms with Gasteiger partial charge in [-0.15, -0.1) is 23.1 Å². The third kappa shape index (κ3) is 5.03. The highest BCUT2D eigenvalue weighted by Gasteiger charge is 2.07. The Morgan fingerprint density at radius 2 is 1.77 bits per heavy atom. The van der Waals surface area contributed by atoms with Crippen molar-refractivity contribution in [1.82, 2.24) is 20.4 Å². The molecule has 8 heteroatoms. The molecule has 2 heterocycles. The largest absolute Gasteiger partial charge is 0.269 e. The second kappa shape index (κ2) is 8.29. The number of anilines is 1. The highest BCUT2D eigenvalue weighted by atomic mass is 32.2. The van der Waals surface area contributed by atoms with Crippen LogP contribution in [0.1, 0.15) is 32.4 Å². The van der Waals surface area contributed by atoms with Gasteiger partial charge in [-0.2, -0.15) is 0 Å². The molecule has 0 spiro atoms. The van der Waals surface area contributed by atoms with Crippen LogP contribution in [0.3, 0.4) is 0 Å². The lowest BCUT2D eigenvalue weighted by atomic mass is 10.2. The van der Waals surface area contributed by atoms with E-state index in [0.717, 1.165) is 32.7 Å². The number of thiazole rings is 1. The average molecular weight is 386 g/mol. The van der Waals surface area contributed by atoms with Crippen molar-refractivity contribution < 1.29 is 4.79 Å². The van der Waals surface area contributed by atoms with E-state index in [2.05, 4.69) is 31.2 Å². The Bertz CT molecular complexity index is 888. The summed E-state index contributed by atoms with van der Waals surface area (Å²) in [5.41, 5.74) is 8.70. The van der Waals surface area contributed by atoms with Crippen LogP contribution in [0.15, 0.2) is 40.6 Å². The molecule has 0 radical (unpaired) electrons. The predicted molar refractivity (Wildman–Crippen MR) is 105 cm³/mol. The number of nitrogens with zero attached hydrogens (tertiary/aromatic N) is 3. The van der Waals surface area contributed by atoms with E-state index in [-0.39, 0.29) is 5.91 Å². The fourth-order valence-corrected chi connectivity index (χ4v) is 3.81. The van der Waals surface area contributed by atoms with Gasteiger partial charge < -0.3 is 0 Å². The third-order valence-corrected chi connectivity index (χ3v) is 5.31. The predicted octanol–water partition coefficient (Wildman–Crippen LogP) is 3.91. The molecule has 0 atom stereocenters. The molecule has 2 aromatic heterocycles. The normalized spacial score (nSPS) is 10.6. The molecule has 1 aromatic carbocycles. The van der Waals surface area contributed by atoms with Crippen LogP contribution in [-0.2, 0) is 5.75 Å². The number of benzene rings is 1. The molecule has 2 N–H and O–H groups in total. The standard InChI is InChI=1S/C18H19N5OS2/c1-11-8-12(2)20-18(19-11)23-22-17(24)14-4-6-16(7-5-14)26-10-15-9-25-13(3)21-15/h4-9H,10H2,1-3H3,(H,22,24)(H,19,20,23).